The first-order valence-electron chi connectivity index (χ1n) is 11.7. The normalized spacial score (nSPS) is 20.7. The Bertz CT molecular complexity index is 1150. The third-order valence-corrected chi connectivity index (χ3v) is 5.85. The van der Waals surface area contributed by atoms with Crippen molar-refractivity contribution in [1.82, 2.24) is 19.6 Å². The molecule has 0 saturated carbocycles. The van der Waals surface area contributed by atoms with E-state index in [2.05, 4.69) is 5.32 Å². The van der Waals surface area contributed by atoms with E-state index < -0.39 is 40.3 Å². The summed E-state index contributed by atoms with van der Waals surface area (Å²) in [6.07, 6.45) is -0.509. The van der Waals surface area contributed by atoms with E-state index in [-0.39, 0.29) is 25.2 Å². The average molecular weight is 488 g/mol. The second-order valence-electron chi connectivity index (χ2n) is 11.2. The van der Waals surface area contributed by atoms with Crippen LogP contribution in [0.5, 0.6) is 0 Å². The van der Waals surface area contributed by atoms with Gasteiger partial charge in [-0.1, -0.05) is 18.2 Å². The highest BCUT2D eigenvalue weighted by molar-refractivity contribution is 5.95. The van der Waals surface area contributed by atoms with Crippen molar-refractivity contribution in [1.29, 1.82) is 0 Å². The zero-order chi connectivity index (χ0) is 26.3. The minimum absolute atomic E-state index is 0.0374. The number of hydrogen-bond donors (Lipinski definition) is 3. The van der Waals surface area contributed by atoms with Crippen molar-refractivity contribution in [2.45, 2.75) is 77.8 Å². The molecule has 0 radical (unpaired) electrons. The van der Waals surface area contributed by atoms with Gasteiger partial charge in [0.15, 0.2) is 0 Å². The molecule has 2 unspecified atom stereocenters. The quantitative estimate of drug-likeness (QED) is 0.589. The van der Waals surface area contributed by atoms with Crippen LogP contribution in [0.1, 0.15) is 57.6 Å². The van der Waals surface area contributed by atoms with Crippen LogP contribution in [0.2, 0.25) is 0 Å². The van der Waals surface area contributed by atoms with Gasteiger partial charge in [0.25, 0.3) is 11.5 Å². The van der Waals surface area contributed by atoms with Gasteiger partial charge < -0.3 is 25.8 Å². The summed E-state index contributed by atoms with van der Waals surface area (Å²) < 4.78 is 8.45. The van der Waals surface area contributed by atoms with Crippen LogP contribution in [0, 0.1) is 6.92 Å². The van der Waals surface area contributed by atoms with Gasteiger partial charge in [-0.2, -0.15) is 0 Å². The van der Waals surface area contributed by atoms with Crippen molar-refractivity contribution in [2.24, 2.45) is 5.73 Å². The number of rotatable bonds is 5. The number of aliphatic hydroxyl groups is 1. The molecular weight excluding hydrogens is 450 g/mol. The van der Waals surface area contributed by atoms with Gasteiger partial charge in [-0.05, 0) is 60.6 Å². The summed E-state index contributed by atoms with van der Waals surface area (Å²) in [5, 5.41) is 13.3. The number of likely N-dealkylation sites (tertiary alicyclic amines) is 1. The molecule has 35 heavy (non-hydrogen) atoms. The van der Waals surface area contributed by atoms with Crippen LogP contribution in [0.15, 0.2) is 35.1 Å². The van der Waals surface area contributed by atoms with Gasteiger partial charge in [0.1, 0.15) is 11.2 Å². The van der Waals surface area contributed by atoms with Gasteiger partial charge in [-0.15, -0.1) is 0 Å². The molecule has 4 N–H and O–H groups in total. The Morgan fingerprint density at radius 1 is 1.20 bits per heavy atom. The van der Waals surface area contributed by atoms with Crippen LogP contribution >= 0.6 is 0 Å². The number of para-hydroxylation sites is 1. The molecule has 3 rings (SSSR count). The lowest BCUT2D eigenvalue weighted by molar-refractivity contribution is 0.0283. The lowest BCUT2D eigenvalue weighted by Crippen LogP contribution is -2.56. The Morgan fingerprint density at radius 3 is 2.34 bits per heavy atom. The van der Waals surface area contributed by atoms with Crippen molar-refractivity contribution in [3.8, 4) is 5.69 Å². The molecule has 1 fully saturated rings. The molecule has 1 aromatic carbocycles. The van der Waals surface area contributed by atoms with E-state index in [0.29, 0.717) is 11.4 Å². The van der Waals surface area contributed by atoms with Crippen molar-refractivity contribution >= 4 is 12.0 Å². The molecule has 10 nitrogen and oxygen atoms in total. The van der Waals surface area contributed by atoms with Crippen LogP contribution in [0.4, 0.5) is 4.79 Å². The standard InChI is InChI=1S/C25H37N5O5/c1-16-19(21(32)30(17-11-9-8-10-12-17)29(16)14-24(5,6)34)20(31)27-18-13-28(15-25(18,7)26)22(33)35-23(2,3)4/h8-12,18,34H,13-15,26H2,1-7H3,(H,27,31). The number of aromatic nitrogens is 2. The fourth-order valence-electron chi connectivity index (χ4n) is 4.21. The molecular formula is C25H37N5O5. The van der Waals surface area contributed by atoms with E-state index in [4.69, 9.17) is 10.5 Å². The Morgan fingerprint density at radius 2 is 1.80 bits per heavy atom. The van der Waals surface area contributed by atoms with Gasteiger partial charge >= 0.3 is 6.09 Å². The van der Waals surface area contributed by atoms with Crippen LogP contribution in [0.25, 0.3) is 5.69 Å². The SMILES string of the molecule is Cc1c(C(=O)NC2CN(C(=O)OC(C)(C)C)CC2(C)N)c(=O)n(-c2ccccc2)n1CC(C)(C)O. The number of nitrogens with one attached hydrogen (secondary N) is 1. The number of carbonyl (C=O) groups is 2. The molecule has 1 saturated heterocycles. The number of benzene rings is 1. The molecule has 1 aliphatic rings. The Labute approximate surface area is 205 Å². The first-order valence-corrected chi connectivity index (χ1v) is 11.7. The van der Waals surface area contributed by atoms with Gasteiger partial charge in [-0.25, -0.2) is 9.48 Å². The highest BCUT2D eigenvalue weighted by Crippen LogP contribution is 2.23. The number of ether oxygens (including phenoxy) is 1. The van der Waals surface area contributed by atoms with E-state index in [1.54, 1.807) is 77.4 Å². The molecule has 0 spiro atoms. The van der Waals surface area contributed by atoms with E-state index in [1.165, 1.54) is 9.58 Å². The van der Waals surface area contributed by atoms with Gasteiger partial charge in [-0.3, -0.25) is 14.3 Å². The van der Waals surface area contributed by atoms with Crippen LogP contribution in [0.3, 0.4) is 0 Å². The maximum Gasteiger partial charge on any atom is 0.410 e. The predicted molar refractivity (Wildman–Crippen MR) is 133 cm³/mol. The van der Waals surface area contributed by atoms with Crippen LogP contribution in [-0.2, 0) is 11.3 Å². The molecule has 1 aromatic heterocycles. The lowest BCUT2D eigenvalue weighted by atomic mass is 9.97. The summed E-state index contributed by atoms with van der Waals surface area (Å²) in [6, 6.07) is 8.34. The monoisotopic (exact) mass is 487 g/mol. The van der Waals surface area contributed by atoms with Crippen molar-refractivity contribution in [3.05, 3.63) is 51.9 Å². The highest BCUT2D eigenvalue weighted by atomic mass is 16.6. The molecule has 192 valence electrons. The van der Waals surface area contributed by atoms with E-state index in [1.807, 2.05) is 6.07 Å². The first-order chi connectivity index (χ1) is 16.0. The third-order valence-electron chi connectivity index (χ3n) is 5.85. The maximum atomic E-state index is 13.5. The zero-order valence-corrected chi connectivity index (χ0v) is 21.6. The molecule has 2 amide bonds. The van der Waals surface area contributed by atoms with Gasteiger partial charge in [0.2, 0.25) is 0 Å². The van der Waals surface area contributed by atoms with E-state index in [0.717, 1.165) is 0 Å². The molecule has 0 bridgehead atoms. The Hall–Kier alpha value is -3.11. The summed E-state index contributed by atoms with van der Waals surface area (Å²) in [6.45, 7) is 12.5. The van der Waals surface area contributed by atoms with E-state index in [9.17, 15) is 19.5 Å². The van der Waals surface area contributed by atoms with Crippen molar-refractivity contribution in [3.63, 3.8) is 0 Å². The minimum Gasteiger partial charge on any atom is -0.444 e. The van der Waals surface area contributed by atoms with Gasteiger partial charge in [0.05, 0.1) is 35.1 Å². The van der Waals surface area contributed by atoms with Crippen LogP contribution in [-0.4, -0.2) is 67.2 Å². The fourth-order valence-corrected chi connectivity index (χ4v) is 4.21. The Kier molecular flexibility index (Phi) is 6.93. The summed E-state index contributed by atoms with van der Waals surface area (Å²) in [5.41, 5.74) is 4.18. The fraction of sp³-hybridized carbons (Fsp3) is 0.560. The average Bonchev–Trinajstić information content (AvgIpc) is 3.12. The largest absolute Gasteiger partial charge is 0.444 e. The topological polar surface area (TPSA) is 132 Å². The number of carbonyl (C=O) groups excluding carboxylic acids is 2. The highest BCUT2D eigenvalue weighted by Gasteiger charge is 2.44. The maximum absolute atomic E-state index is 13.5. The minimum atomic E-state index is -1.13. The molecule has 0 aliphatic carbocycles. The molecule has 2 aromatic rings. The summed E-state index contributed by atoms with van der Waals surface area (Å²) in [4.78, 5) is 40.9. The number of hydrogen-bond acceptors (Lipinski definition) is 6. The lowest BCUT2D eigenvalue weighted by Gasteiger charge is -2.26. The predicted octanol–water partition coefficient (Wildman–Crippen LogP) is 1.78. The van der Waals surface area contributed by atoms with Crippen molar-refractivity contribution < 1.29 is 19.4 Å². The Balaban J connectivity index is 1.94. The number of amides is 2. The molecule has 2 heterocycles. The van der Waals surface area contributed by atoms with E-state index >= 15 is 0 Å². The van der Waals surface area contributed by atoms with Gasteiger partial charge in [0, 0.05) is 13.1 Å². The summed E-state index contributed by atoms with van der Waals surface area (Å²) >= 11 is 0. The second-order valence-corrected chi connectivity index (χ2v) is 11.2. The smallest absolute Gasteiger partial charge is 0.410 e. The summed E-state index contributed by atoms with van der Waals surface area (Å²) in [5.74, 6) is -0.584. The first kappa shape index (κ1) is 26.5. The zero-order valence-electron chi connectivity index (χ0n) is 21.6. The van der Waals surface area contributed by atoms with Crippen LogP contribution < -0.4 is 16.6 Å². The third kappa shape index (κ3) is 5.94. The second kappa shape index (κ2) is 9.16. The number of nitrogens with zero attached hydrogens (tertiary/aromatic N) is 3. The van der Waals surface area contributed by atoms with Crippen molar-refractivity contribution in [2.75, 3.05) is 13.1 Å². The molecule has 10 heteroatoms. The molecule has 1 aliphatic heterocycles. The summed E-state index contributed by atoms with van der Waals surface area (Å²) in [7, 11) is 0. The number of nitrogens with two attached hydrogens (primary N) is 1. The molecule has 2 atom stereocenters.